The van der Waals surface area contributed by atoms with Crippen LogP contribution in [0.1, 0.15) is 25.7 Å². The number of nitrogens with zero attached hydrogens (tertiary/aromatic N) is 3. The lowest BCUT2D eigenvalue weighted by atomic mass is 10.4. The van der Waals surface area contributed by atoms with E-state index in [4.69, 9.17) is 0 Å². The highest BCUT2D eigenvalue weighted by atomic mass is 19.3. The highest BCUT2D eigenvalue weighted by Gasteiger charge is 2.15. The van der Waals surface area contributed by atoms with E-state index in [-0.39, 0.29) is 6.04 Å². The Hall–Kier alpha value is -1.20. The molecule has 0 bridgehead atoms. The molecule has 6 heteroatoms. The van der Waals surface area contributed by atoms with Crippen LogP contribution in [-0.2, 0) is 6.54 Å². The van der Waals surface area contributed by atoms with Crippen LogP contribution in [0.2, 0.25) is 0 Å². The third-order valence-electron chi connectivity index (χ3n) is 1.88. The summed E-state index contributed by atoms with van der Waals surface area (Å²) in [7, 11) is 0. The Morgan fingerprint density at radius 3 is 2.36 bits per heavy atom. The molecule has 80 valence electrons. The summed E-state index contributed by atoms with van der Waals surface area (Å²) in [5.74, 6) is 0.323. The molecule has 4 nitrogen and oxygen atoms in total. The summed E-state index contributed by atoms with van der Waals surface area (Å²) in [6, 6.07) is -0.111. The van der Waals surface area contributed by atoms with Crippen LogP contribution in [0.5, 0.6) is 0 Å². The summed E-state index contributed by atoms with van der Waals surface area (Å²) in [4.78, 5) is 11.5. The maximum Gasteiger partial charge on any atom is 0.346 e. The molecule has 0 N–H and O–H groups in total. The van der Waals surface area contributed by atoms with Gasteiger partial charge in [-0.15, -0.1) is 0 Å². The van der Waals surface area contributed by atoms with Gasteiger partial charge in [0.2, 0.25) is 0 Å². The number of hydrogen-bond acceptors (Lipinski definition) is 2. The van der Waals surface area contributed by atoms with Gasteiger partial charge < -0.3 is 0 Å². The van der Waals surface area contributed by atoms with E-state index in [2.05, 4.69) is 5.10 Å². The number of halogens is 2. The molecule has 1 heterocycles. The molecule has 0 saturated carbocycles. The summed E-state index contributed by atoms with van der Waals surface area (Å²) in [6.07, 6.45) is -2.53. The SMILES string of the molecule is Cc1nn(C(C)C)c(=O)n1CC(F)F. The van der Waals surface area contributed by atoms with Crippen LogP contribution < -0.4 is 5.69 Å². The summed E-state index contributed by atoms with van der Waals surface area (Å²) in [5.41, 5.74) is -0.474. The Labute approximate surface area is 80.2 Å². The topological polar surface area (TPSA) is 39.8 Å². The predicted octanol–water partition coefficient (Wildman–Crippen LogP) is 1.20. The Morgan fingerprint density at radius 2 is 2.00 bits per heavy atom. The zero-order valence-electron chi connectivity index (χ0n) is 8.37. The Bertz CT molecular complexity index is 367. The maximum absolute atomic E-state index is 12.1. The van der Waals surface area contributed by atoms with Crippen molar-refractivity contribution >= 4 is 0 Å². The normalized spacial score (nSPS) is 11.6. The molecule has 14 heavy (non-hydrogen) atoms. The lowest BCUT2D eigenvalue weighted by molar-refractivity contribution is 0.124. The quantitative estimate of drug-likeness (QED) is 0.743. The van der Waals surface area contributed by atoms with E-state index >= 15 is 0 Å². The fraction of sp³-hybridized carbons (Fsp3) is 0.750. The first-order valence-electron chi connectivity index (χ1n) is 4.37. The number of aryl methyl sites for hydroxylation is 1. The molecule has 1 aromatic heterocycles. The van der Waals surface area contributed by atoms with E-state index in [0.29, 0.717) is 5.82 Å². The first-order chi connectivity index (χ1) is 6.43. The van der Waals surface area contributed by atoms with Crippen LogP contribution in [0.15, 0.2) is 4.79 Å². The number of rotatable bonds is 3. The van der Waals surface area contributed by atoms with Crippen molar-refractivity contribution < 1.29 is 8.78 Å². The molecule has 0 aliphatic rings. The molecule has 0 spiro atoms. The van der Waals surface area contributed by atoms with Gasteiger partial charge in [0.1, 0.15) is 5.82 Å². The number of hydrogen-bond donors (Lipinski definition) is 0. The minimum atomic E-state index is -2.53. The second kappa shape index (κ2) is 3.89. The van der Waals surface area contributed by atoms with E-state index < -0.39 is 18.7 Å². The van der Waals surface area contributed by atoms with Crippen LogP contribution in [-0.4, -0.2) is 20.8 Å². The van der Waals surface area contributed by atoms with Crippen molar-refractivity contribution in [1.29, 1.82) is 0 Å². The van der Waals surface area contributed by atoms with Gasteiger partial charge in [-0.25, -0.2) is 18.3 Å². The van der Waals surface area contributed by atoms with Crippen LogP contribution >= 0.6 is 0 Å². The monoisotopic (exact) mass is 205 g/mol. The molecule has 0 saturated heterocycles. The van der Waals surface area contributed by atoms with Gasteiger partial charge in [-0.05, 0) is 20.8 Å². The Kier molecular flexibility index (Phi) is 3.03. The zero-order chi connectivity index (χ0) is 10.9. The predicted molar refractivity (Wildman–Crippen MR) is 47.6 cm³/mol. The van der Waals surface area contributed by atoms with Crippen LogP contribution in [0, 0.1) is 6.92 Å². The molecule has 1 rings (SSSR count). The van der Waals surface area contributed by atoms with Crippen LogP contribution in [0.25, 0.3) is 0 Å². The summed E-state index contributed by atoms with van der Waals surface area (Å²) < 4.78 is 26.4. The lowest BCUT2D eigenvalue weighted by Crippen LogP contribution is -2.28. The standard InChI is InChI=1S/C8H13F2N3O/c1-5(2)13-8(14)12(4-7(9)10)6(3)11-13/h5,7H,4H2,1-3H3. The minimum Gasteiger partial charge on any atom is -0.273 e. The highest BCUT2D eigenvalue weighted by molar-refractivity contribution is 4.85. The molecule has 0 fully saturated rings. The van der Waals surface area contributed by atoms with Gasteiger partial charge in [0.05, 0.1) is 12.6 Å². The molecule has 0 radical (unpaired) electrons. The molecule has 0 unspecified atom stereocenters. The lowest BCUT2D eigenvalue weighted by Gasteiger charge is -2.02. The summed E-state index contributed by atoms with van der Waals surface area (Å²) in [6.45, 7) is 4.52. The minimum absolute atomic E-state index is 0.111. The van der Waals surface area contributed by atoms with Gasteiger partial charge in [-0.2, -0.15) is 5.10 Å². The highest BCUT2D eigenvalue weighted by Crippen LogP contribution is 2.02. The van der Waals surface area contributed by atoms with E-state index in [1.807, 2.05) is 0 Å². The Morgan fingerprint density at radius 1 is 1.43 bits per heavy atom. The fourth-order valence-electron chi connectivity index (χ4n) is 1.20. The van der Waals surface area contributed by atoms with Crippen molar-refractivity contribution in [3.05, 3.63) is 16.3 Å². The molecule has 0 aromatic carbocycles. The Balaban J connectivity index is 3.12. The largest absolute Gasteiger partial charge is 0.346 e. The second-order valence-corrected chi connectivity index (χ2v) is 3.37. The van der Waals surface area contributed by atoms with Gasteiger partial charge in [-0.3, -0.25) is 4.57 Å². The van der Waals surface area contributed by atoms with Gasteiger partial charge >= 0.3 is 5.69 Å². The molecular weight excluding hydrogens is 192 g/mol. The molecule has 1 aromatic rings. The van der Waals surface area contributed by atoms with E-state index in [1.165, 1.54) is 4.68 Å². The summed E-state index contributed by atoms with van der Waals surface area (Å²) >= 11 is 0. The van der Waals surface area contributed by atoms with Crippen molar-refractivity contribution in [2.75, 3.05) is 0 Å². The molecule has 0 aliphatic heterocycles. The van der Waals surface area contributed by atoms with E-state index in [0.717, 1.165) is 4.57 Å². The van der Waals surface area contributed by atoms with E-state index in [9.17, 15) is 13.6 Å². The third kappa shape index (κ3) is 2.00. The number of aromatic nitrogens is 3. The maximum atomic E-state index is 12.1. The van der Waals surface area contributed by atoms with Gasteiger partial charge in [0, 0.05) is 0 Å². The fourth-order valence-corrected chi connectivity index (χ4v) is 1.20. The van der Waals surface area contributed by atoms with Crippen LogP contribution in [0.3, 0.4) is 0 Å². The van der Waals surface area contributed by atoms with Crippen molar-refractivity contribution in [2.24, 2.45) is 0 Å². The van der Waals surface area contributed by atoms with Crippen molar-refractivity contribution in [3.63, 3.8) is 0 Å². The van der Waals surface area contributed by atoms with Gasteiger partial charge in [0.25, 0.3) is 6.43 Å². The van der Waals surface area contributed by atoms with Gasteiger partial charge in [0.15, 0.2) is 0 Å². The molecule has 0 atom stereocenters. The molecular formula is C8H13F2N3O. The van der Waals surface area contributed by atoms with E-state index in [1.54, 1.807) is 20.8 Å². The van der Waals surface area contributed by atoms with Gasteiger partial charge in [-0.1, -0.05) is 0 Å². The van der Waals surface area contributed by atoms with Crippen molar-refractivity contribution in [1.82, 2.24) is 14.3 Å². The molecule has 0 aliphatic carbocycles. The molecule has 0 amide bonds. The average molecular weight is 205 g/mol. The average Bonchev–Trinajstić information content (AvgIpc) is 2.31. The van der Waals surface area contributed by atoms with Crippen LogP contribution in [0.4, 0.5) is 8.78 Å². The zero-order valence-corrected chi connectivity index (χ0v) is 8.37. The second-order valence-electron chi connectivity index (χ2n) is 3.37. The first-order valence-corrected chi connectivity index (χ1v) is 4.37. The number of alkyl halides is 2. The smallest absolute Gasteiger partial charge is 0.273 e. The van der Waals surface area contributed by atoms with Crippen molar-refractivity contribution in [2.45, 2.75) is 39.8 Å². The third-order valence-corrected chi connectivity index (χ3v) is 1.88. The summed E-state index contributed by atoms with van der Waals surface area (Å²) in [5, 5.41) is 3.90. The first kappa shape index (κ1) is 10.9. The van der Waals surface area contributed by atoms with Crippen molar-refractivity contribution in [3.8, 4) is 0 Å².